The highest BCUT2D eigenvalue weighted by Crippen LogP contribution is 2.34. The fourth-order valence-corrected chi connectivity index (χ4v) is 2.17. The van der Waals surface area contributed by atoms with E-state index in [1.165, 1.54) is 7.11 Å². The first-order valence-electron chi connectivity index (χ1n) is 5.99. The van der Waals surface area contributed by atoms with Crippen molar-refractivity contribution in [2.24, 2.45) is 0 Å². The van der Waals surface area contributed by atoms with Crippen LogP contribution in [0.2, 0.25) is 0 Å². The molecule has 0 saturated carbocycles. The Labute approximate surface area is 112 Å². The molecule has 0 radical (unpaired) electrons. The predicted octanol–water partition coefficient (Wildman–Crippen LogP) is 2.46. The molecule has 3 heteroatoms. The standard InChI is InChI=1S/C16H15NO2/c1-19-15(12-17)16(18,13-8-4-2-5-9-13)14-10-6-3-7-11-14/h2-11,15,18H,1H3/t15-/m0/s1. The quantitative estimate of drug-likeness (QED) is 0.910. The van der Waals surface area contributed by atoms with E-state index in [0.29, 0.717) is 11.1 Å². The van der Waals surface area contributed by atoms with Crippen LogP contribution in [0.1, 0.15) is 11.1 Å². The Morgan fingerprint density at radius 3 is 1.74 bits per heavy atom. The highest BCUT2D eigenvalue weighted by Gasteiger charge is 2.40. The van der Waals surface area contributed by atoms with Crippen molar-refractivity contribution in [2.75, 3.05) is 7.11 Å². The lowest BCUT2D eigenvalue weighted by Crippen LogP contribution is -2.41. The van der Waals surface area contributed by atoms with Crippen LogP contribution in [-0.4, -0.2) is 18.3 Å². The van der Waals surface area contributed by atoms with Crippen molar-refractivity contribution in [1.82, 2.24) is 0 Å². The highest BCUT2D eigenvalue weighted by atomic mass is 16.5. The maximum Gasteiger partial charge on any atom is 0.180 e. The third-order valence-corrected chi connectivity index (χ3v) is 3.16. The Balaban J connectivity index is 2.61. The molecule has 1 atom stereocenters. The van der Waals surface area contributed by atoms with E-state index in [4.69, 9.17) is 4.74 Å². The molecule has 0 aliphatic carbocycles. The second-order valence-corrected chi connectivity index (χ2v) is 4.24. The summed E-state index contributed by atoms with van der Waals surface area (Å²) in [5.41, 5.74) is -0.212. The molecule has 0 spiro atoms. The SMILES string of the molecule is CO[C@@H](C#N)C(O)(c1ccccc1)c1ccccc1. The van der Waals surface area contributed by atoms with E-state index in [9.17, 15) is 10.4 Å². The summed E-state index contributed by atoms with van der Waals surface area (Å²) in [6, 6.07) is 20.2. The Hall–Kier alpha value is -2.15. The summed E-state index contributed by atoms with van der Waals surface area (Å²) in [6.07, 6.45) is -0.975. The fourth-order valence-electron chi connectivity index (χ4n) is 2.17. The number of ether oxygens (including phenoxy) is 1. The van der Waals surface area contributed by atoms with Gasteiger partial charge in [0.25, 0.3) is 0 Å². The molecule has 0 saturated heterocycles. The van der Waals surface area contributed by atoms with Crippen molar-refractivity contribution in [2.45, 2.75) is 11.7 Å². The van der Waals surface area contributed by atoms with E-state index < -0.39 is 11.7 Å². The Bertz CT molecular complexity index is 521. The summed E-state index contributed by atoms with van der Waals surface area (Å²) in [5, 5.41) is 20.3. The van der Waals surface area contributed by atoms with Crippen LogP contribution in [-0.2, 0) is 10.3 Å². The molecule has 3 nitrogen and oxygen atoms in total. The Morgan fingerprint density at radius 1 is 1.00 bits per heavy atom. The zero-order valence-corrected chi connectivity index (χ0v) is 10.7. The molecular weight excluding hydrogens is 238 g/mol. The van der Waals surface area contributed by atoms with Gasteiger partial charge in [0.15, 0.2) is 11.7 Å². The van der Waals surface area contributed by atoms with E-state index in [2.05, 4.69) is 0 Å². The van der Waals surface area contributed by atoms with Crippen molar-refractivity contribution >= 4 is 0 Å². The lowest BCUT2D eigenvalue weighted by Gasteiger charge is -2.32. The normalized spacial score (nSPS) is 12.7. The molecule has 0 aliphatic heterocycles. The van der Waals surface area contributed by atoms with Gasteiger partial charge in [-0.3, -0.25) is 0 Å². The Morgan fingerprint density at radius 2 is 1.42 bits per heavy atom. The van der Waals surface area contributed by atoms with Gasteiger partial charge in [-0.1, -0.05) is 60.7 Å². The van der Waals surface area contributed by atoms with E-state index in [1.54, 1.807) is 24.3 Å². The number of nitriles is 1. The molecule has 2 aromatic carbocycles. The summed E-state index contributed by atoms with van der Waals surface area (Å²) >= 11 is 0. The summed E-state index contributed by atoms with van der Waals surface area (Å²) in [4.78, 5) is 0. The monoisotopic (exact) mass is 253 g/mol. The van der Waals surface area contributed by atoms with Crippen LogP contribution in [0.15, 0.2) is 60.7 Å². The van der Waals surface area contributed by atoms with Gasteiger partial charge in [0, 0.05) is 7.11 Å². The van der Waals surface area contributed by atoms with Gasteiger partial charge in [-0.25, -0.2) is 0 Å². The molecular formula is C16H15NO2. The van der Waals surface area contributed by atoms with Crippen LogP contribution in [0.25, 0.3) is 0 Å². The van der Waals surface area contributed by atoms with Crippen molar-refractivity contribution in [3.8, 4) is 6.07 Å². The van der Waals surface area contributed by atoms with Crippen LogP contribution in [0.5, 0.6) is 0 Å². The number of benzene rings is 2. The van der Waals surface area contributed by atoms with Crippen LogP contribution in [0.3, 0.4) is 0 Å². The lowest BCUT2D eigenvalue weighted by molar-refractivity contribution is -0.0423. The number of rotatable bonds is 4. The maximum absolute atomic E-state index is 11.1. The molecule has 1 N–H and O–H groups in total. The highest BCUT2D eigenvalue weighted by molar-refractivity contribution is 5.39. The van der Waals surface area contributed by atoms with Crippen molar-refractivity contribution < 1.29 is 9.84 Å². The smallest absolute Gasteiger partial charge is 0.180 e. The van der Waals surface area contributed by atoms with E-state index >= 15 is 0 Å². The van der Waals surface area contributed by atoms with Gasteiger partial charge in [0.05, 0.1) is 6.07 Å². The van der Waals surface area contributed by atoms with Crippen LogP contribution >= 0.6 is 0 Å². The van der Waals surface area contributed by atoms with E-state index in [-0.39, 0.29) is 0 Å². The molecule has 0 fully saturated rings. The number of hydrogen-bond acceptors (Lipinski definition) is 3. The molecule has 0 amide bonds. The van der Waals surface area contributed by atoms with Crippen molar-refractivity contribution in [3.05, 3.63) is 71.8 Å². The average molecular weight is 253 g/mol. The van der Waals surface area contributed by atoms with Gasteiger partial charge in [-0.2, -0.15) is 5.26 Å². The van der Waals surface area contributed by atoms with Gasteiger partial charge in [-0.05, 0) is 11.1 Å². The fraction of sp³-hybridized carbons (Fsp3) is 0.188. The molecule has 2 rings (SSSR count). The summed E-state index contributed by atoms with van der Waals surface area (Å²) in [7, 11) is 1.42. The molecule has 0 unspecified atom stereocenters. The number of methoxy groups -OCH3 is 1. The van der Waals surface area contributed by atoms with Gasteiger partial charge in [-0.15, -0.1) is 0 Å². The van der Waals surface area contributed by atoms with Crippen LogP contribution < -0.4 is 0 Å². The zero-order valence-electron chi connectivity index (χ0n) is 10.7. The van der Waals surface area contributed by atoms with Crippen LogP contribution in [0, 0.1) is 11.3 Å². The first-order chi connectivity index (χ1) is 9.23. The molecule has 19 heavy (non-hydrogen) atoms. The van der Waals surface area contributed by atoms with Crippen molar-refractivity contribution in [1.29, 1.82) is 5.26 Å². The largest absolute Gasteiger partial charge is 0.376 e. The number of hydrogen-bond donors (Lipinski definition) is 1. The third-order valence-electron chi connectivity index (χ3n) is 3.16. The first kappa shape index (κ1) is 13.3. The number of nitrogens with zero attached hydrogens (tertiary/aromatic N) is 1. The van der Waals surface area contributed by atoms with Crippen molar-refractivity contribution in [3.63, 3.8) is 0 Å². The Kier molecular flexibility index (Phi) is 3.96. The van der Waals surface area contributed by atoms with Gasteiger partial charge >= 0.3 is 0 Å². The first-order valence-corrected chi connectivity index (χ1v) is 5.99. The minimum atomic E-state index is -1.48. The zero-order chi connectivity index (χ0) is 13.7. The van der Waals surface area contributed by atoms with Gasteiger partial charge in [0.2, 0.25) is 0 Å². The summed E-state index contributed by atoms with van der Waals surface area (Å²) in [5.74, 6) is 0. The predicted molar refractivity (Wildman–Crippen MR) is 72.3 cm³/mol. The molecule has 96 valence electrons. The summed E-state index contributed by atoms with van der Waals surface area (Å²) in [6.45, 7) is 0. The van der Waals surface area contributed by atoms with Gasteiger partial charge in [0.1, 0.15) is 0 Å². The second-order valence-electron chi connectivity index (χ2n) is 4.24. The topological polar surface area (TPSA) is 53.2 Å². The van der Waals surface area contributed by atoms with E-state index in [1.807, 2.05) is 42.5 Å². The minimum absolute atomic E-state index is 0.634. The molecule has 0 heterocycles. The summed E-state index contributed by atoms with van der Waals surface area (Å²) < 4.78 is 5.16. The number of aliphatic hydroxyl groups is 1. The molecule has 0 aromatic heterocycles. The molecule has 0 aliphatic rings. The average Bonchev–Trinajstić information content (AvgIpc) is 2.50. The van der Waals surface area contributed by atoms with Crippen LogP contribution in [0.4, 0.5) is 0 Å². The minimum Gasteiger partial charge on any atom is -0.376 e. The third kappa shape index (κ3) is 2.37. The molecule has 0 bridgehead atoms. The van der Waals surface area contributed by atoms with Gasteiger partial charge < -0.3 is 9.84 Å². The molecule has 2 aromatic rings. The lowest BCUT2D eigenvalue weighted by atomic mass is 9.82. The second kappa shape index (κ2) is 5.66. The van der Waals surface area contributed by atoms with E-state index in [0.717, 1.165) is 0 Å². The maximum atomic E-state index is 11.1.